The zero-order valence-electron chi connectivity index (χ0n) is 10.7. The van der Waals surface area contributed by atoms with Gasteiger partial charge in [0.25, 0.3) is 0 Å². The minimum absolute atomic E-state index is 0.681. The van der Waals surface area contributed by atoms with Crippen molar-refractivity contribution in [3.8, 4) is 0 Å². The Balaban J connectivity index is 1.93. The van der Waals surface area contributed by atoms with Gasteiger partial charge in [0.2, 0.25) is 0 Å². The van der Waals surface area contributed by atoms with Gasteiger partial charge >= 0.3 is 6.96 Å². The van der Waals surface area contributed by atoms with Gasteiger partial charge in [-0.15, -0.1) is 0 Å². The standard InChI is InChI=1S/C12H24BO4/c1-2-6-10-15-13(14-9-5-1)16-11-7-3-4-8-12-17-13/h1-12H2/q-1. The highest BCUT2D eigenvalue weighted by atomic mass is 16.9. The summed E-state index contributed by atoms with van der Waals surface area (Å²) in [5, 5.41) is 0. The molecule has 0 aliphatic carbocycles. The zero-order chi connectivity index (χ0) is 11.8. The fraction of sp³-hybridized carbons (Fsp3) is 1.00. The molecule has 0 N–H and O–H groups in total. The SMILES string of the molecule is C1CCCO[B-]2(OCC1)OCCCCCCO2. The highest BCUT2D eigenvalue weighted by Crippen LogP contribution is 2.19. The second kappa shape index (κ2) is 7.36. The van der Waals surface area contributed by atoms with Crippen molar-refractivity contribution in [3.63, 3.8) is 0 Å². The van der Waals surface area contributed by atoms with E-state index in [2.05, 4.69) is 0 Å². The van der Waals surface area contributed by atoms with Crippen LogP contribution < -0.4 is 0 Å². The Hall–Kier alpha value is -0.0951. The molecule has 100 valence electrons. The summed E-state index contributed by atoms with van der Waals surface area (Å²) in [7, 11) is 0. The highest BCUT2D eigenvalue weighted by Gasteiger charge is 2.32. The molecule has 2 fully saturated rings. The molecule has 17 heavy (non-hydrogen) atoms. The Morgan fingerprint density at radius 2 is 0.706 bits per heavy atom. The van der Waals surface area contributed by atoms with Crippen LogP contribution in [0.25, 0.3) is 0 Å². The van der Waals surface area contributed by atoms with Gasteiger partial charge in [0.15, 0.2) is 0 Å². The summed E-state index contributed by atoms with van der Waals surface area (Å²) in [5.74, 6) is 0. The quantitative estimate of drug-likeness (QED) is 0.613. The first-order valence-electron chi connectivity index (χ1n) is 7.10. The topological polar surface area (TPSA) is 36.9 Å². The summed E-state index contributed by atoms with van der Waals surface area (Å²) in [6.45, 7) is 0.795. The molecule has 2 heterocycles. The van der Waals surface area contributed by atoms with E-state index < -0.39 is 6.96 Å². The van der Waals surface area contributed by atoms with Crippen LogP contribution in [-0.2, 0) is 18.6 Å². The van der Waals surface area contributed by atoms with Crippen LogP contribution >= 0.6 is 0 Å². The molecule has 0 amide bonds. The summed E-state index contributed by atoms with van der Waals surface area (Å²) >= 11 is 0. The molecule has 0 radical (unpaired) electrons. The number of hydrogen-bond donors (Lipinski definition) is 0. The normalized spacial score (nSPS) is 28.2. The molecule has 0 unspecified atom stereocenters. The Morgan fingerprint density at radius 3 is 1.00 bits per heavy atom. The van der Waals surface area contributed by atoms with Crippen molar-refractivity contribution >= 4 is 6.96 Å². The summed E-state index contributed by atoms with van der Waals surface area (Å²) in [6, 6.07) is 0. The van der Waals surface area contributed by atoms with E-state index in [9.17, 15) is 0 Å². The van der Waals surface area contributed by atoms with Crippen LogP contribution in [0.3, 0.4) is 0 Å². The summed E-state index contributed by atoms with van der Waals surface area (Å²) < 4.78 is 23.1. The van der Waals surface area contributed by atoms with Gasteiger partial charge in [0.1, 0.15) is 0 Å². The van der Waals surface area contributed by atoms with Gasteiger partial charge in [-0.3, -0.25) is 0 Å². The molecule has 2 saturated heterocycles. The maximum atomic E-state index is 5.78. The molecule has 4 nitrogen and oxygen atoms in total. The minimum Gasteiger partial charge on any atom is -0.518 e. The van der Waals surface area contributed by atoms with Gasteiger partial charge < -0.3 is 18.6 Å². The van der Waals surface area contributed by atoms with E-state index in [1.807, 2.05) is 0 Å². The summed E-state index contributed by atoms with van der Waals surface area (Å²) in [4.78, 5) is 0. The molecule has 0 aromatic carbocycles. The molecule has 0 aromatic heterocycles. The molecule has 5 heteroatoms. The maximum Gasteiger partial charge on any atom is 0.531 e. The van der Waals surface area contributed by atoms with Crippen LogP contribution in [0, 0.1) is 0 Å². The molecule has 2 aliphatic rings. The van der Waals surface area contributed by atoms with Gasteiger partial charge in [-0.25, -0.2) is 0 Å². The lowest BCUT2D eigenvalue weighted by molar-refractivity contribution is -0.0315. The van der Waals surface area contributed by atoms with E-state index >= 15 is 0 Å². The first-order valence-corrected chi connectivity index (χ1v) is 7.10. The van der Waals surface area contributed by atoms with Gasteiger partial charge in [0.05, 0.1) is 0 Å². The fourth-order valence-electron chi connectivity index (χ4n) is 2.31. The minimum atomic E-state index is -1.93. The van der Waals surface area contributed by atoms with Crippen LogP contribution in [-0.4, -0.2) is 33.4 Å². The van der Waals surface area contributed by atoms with Crippen LogP contribution in [0.15, 0.2) is 0 Å². The number of rotatable bonds is 0. The zero-order valence-corrected chi connectivity index (χ0v) is 10.7. The van der Waals surface area contributed by atoms with Crippen LogP contribution in [0.5, 0.6) is 0 Å². The van der Waals surface area contributed by atoms with E-state index in [4.69, 9.17) is 18.6 Å². The van der Waals surface area contributed by atoms with E-state index in [1.54, 1.807) is 0 Å². The lowest BCUT2D eigenvalue weighted by atomic mass is 10.0. The molecule has 0 atom stereocenters. The van der Waals surface area contributed by atoms with E-state index in [-0.39, 0.29) is 0 Å². The highest BCUT2D eigenvalue weighted by molar-refractivity contribution is 6.53. The molecular weight excluding hydrogens is 219 g/mol. The molecule has 2 rings (SSSR count). The maximum absolute atomic E-state index is 5.78. The van der Waals surface area contributed by atoms with Gasteiger partial charge in [-0.1, -0.05) is 25.7 Å². The van der Waals surface area contributed by atoms with Crippen molar-refractivity contribution in [1.82, 2.24) is 0 Å². The fourth-order valence-corrected chi connectivity index (χ4v) is 2.31. The van der Waals surface area contributed by atoms with Crippen molar-refractivity contribution < 1.29 is 18.6 Å². The molecule has 2 aliphatic heterocycles. The van der Waals surface area contributed by atoms with Gasteiger partial charge in [-0.05, 0) is 25.7 Å². The Labute approximate surface area is 104 Å². The van der Waals surface area contributed by atoms with Crippen molar-refractivity contribution in [2.24, 2.45) is 0 Å². The molecule has 1 spiro atoms. The van der Waals surface area contributed by atoms with Crippen molar-refractivity contribution in [1.29, 1.82) is 0 Å². The summed E-state index contributed by atoms with van der Waals surface area (Å²) in [6.07, 6.45) is 9.09. The monoisotopic (exact) mass is 243 g/mol. The second-order valence-corrected chi connectivity index (χ2v) is 4.89. The third kappa shape index (κ3) is 4.58. The average molecular weight is 243 g/mol. The third-order valence-electron chi connectivity index (χ3n) is 3.37. The lowest BCUT2D eigenvalue weighted by Crippen LogP contribution is -2.49. The number of hydrogen-bond acceptors (Lipinski definition) is 4. The average Bonchev–Trinajstić information content (AvgIpc) is 2.52. The summed E-state index contributed by atoms with van der Waals surface area (Å²) in [5.41, 5.74) is 0. The van der Waals surface area contributed by atoms with Crippen molar-refractivity contribution in [2.75, 3.05) is 26.4 Å². The Morgan fingerprint density at radius 1 is 0.412 bits per heavy atom. The smallest absolute Gasteiger partial charge is 0.518 e. The molecular formula is C12H24BO4-. The van der Waals surface area contributed by atoms with Crippen LogP contribution in [0.4, 0.5) is 0 Å². The second-order valence-electron chi connectivity index (χ2n) is 4.89. The van der Waals surface area contributed by atoms with Gasteiger partial charge in [-0.2, -0.15) is 0 Å². The van der Waals surface area contributed by atoms with E-state index in [1.165, 1.54) is 25.7 Å². The van der Waals surface area contributed by atoms with Crippen LogP contribution in [0.1, 0.15) is 51.4 Å². The van der Waals surface area contributed by atoms with Crippen molar-refractivity contribution in [3.05, 3.63) is 0 Å². The Kier molecular flexibility index (Phi) is 5.78. The first kappa shape index (κ1) is 13.3. The lowest BCUT2D eigenvalue weighted by Gasteiger charge is -2.40. The third-order valence-corrected chi connectivity index (χ3v) is 3.37. The van der Waals surface area contributed by atoms with E-state index in [0.29, 0.717) is 26.4 Å². The van der Waals surface area contributed by atoms with Crippen molar-refractivity contribution in [2.45, 2.75) is 51.4 Å². The van der Waals surface area contributed by atoms with Gasteiger partial charge in [0, 0.05) is 26.4 Å². The first-order chi connectivity index (χ1) is 8.41. The largest absolute Gasteiger partial charge is 0.531 e. The van der Waals surface area contributed by atoms with Crippen LogP contribution in [0.2, 0.25) is 0 Å². The molecule has 0 bridgehead atoms. The predicted octanol–water partition coefficient (Wildman–Crippen LogP) is 2.64. The van der Waals surface area contributed by atoms with E-state index in [0.717, 1.165) is 25.7 Å². The Bertz CT molecular complexity index is 167. The molecule has 0 saturated carbocycles. The molecule has 0 aromatic rings. The predicted molar refractivity (Wildman–Crippen MR) is 66.5 cm³/mol.